The molecular weight excluding hydrogens is 463 g/mol. The molecule has 0 aromatic heterocycles. The highest BCUT2D eigenvalue weighted by molar-refractivity contribution is 6.46. The molecule has 1 aliphatic heterocycles. The quantitative estimate of drug-likeness (QED) is 0.234. The molecular formula is C25H26Cl2N2O4. The Bertz CT molecular complexity index is 1080. The van der Waals surface area contributed by atoms with Crippen molar-refractivity contribution in [3.05, 3.63) is 81.9 Å². The fourth-order valence-electron chi connectivity index (χ4n) is 3.72. The third-order valence-electron chi connectivity index (χ3n) is 5.30. The maximum absolute atomic E-state index is 13.1. The van der Waals surface area contributed by atoms with Crippen molar-refractivity contribution in [3.8, 4) is 5.75 Å². The SMILES string of the molecule is C=CCOc1ccc(/C(O)=C2\C(=O)C(=O)N(CCCN(C)C)C2c2ccc(Cl)c(Cl)c2)cc1. The lowest BCUT2D eigenvalue weighted by Crippen LogP contribution is -2.32. The zero-order valence-corrected chi connectivity index (χ0v) is 20.1. The van der Waals surface area contributed by atoms with Crippen LogP contribution in [0.2, 0.25) is 10.0 Å². The van der Waals surface area contributed by atoms with Crippen molar-refractivity contribution in [3.63, 3.8) is 0 Å². The molecule has 0 radical (unpaired) electrons. The van der Waals surface area contributed by atoms with Crippen LogP contribution >= 0.6 is 23.2 Å². The second-order valence-corrected chi connectivity index (χ2v) is 8.76. The molecule has 1 heterocycles. The Hall–Kier alpha value is -2.80. The summed E-state index contributed by atoms with van der Waals surface area (Å²) in [6.07, 6.45) is 2.29. The van der Waals surface area contributed by atoms with E-state index in [1.807, 2.05) is 19.0 Å². The number of amides is 1. The van der Waals surface area contributed by atoms with E-state index in [2.05, 4.69) is 6.58 Å². The van der Waals surface area contributed by atoms with E-state index in [9.17, 15) is 14.7 Å². The van der Waals surface area contributed by atoms with Crippen molar-refractivity contribution in [2.24, 2.45) is 0 Å². The van der Waals surface area contributed by atoms with Gasteiger partial charge in [-0.1, -0.05) is 41.9 Å². The molecule has 0 aliphatic carbocycles. The standard InChI is InChI=1S/C25H26Cl2N2O4/c1-4-14-33-18-9-6-16(7-10-18)23(30)21-22(17-8-11-19(26)20(27)15-17)29(25(32)24(21)31)13-5-12-28(2)3/h4,6-11,15,22,30H,1,5,12-14H2,2-3H3/b23-21+. The first-order valence-electron chi connectivity index (χ1n) is 10.5. The molecule has 1 saturated heterocycles. The lowest BCUT2D eigenvalue weighted by molar-refractivity contribution is -0.139. The van der Waals surface area contributed by atoms with Gasteiger partial charge < -0.3 is 19.6 Å². The topological polar surface area (TPSA) is 70.1 Å². The first kappa shape index (κ1) is 24.8. The Kier molecular flexibility index (Phi) is 8.19. The van der Waals surface area contributed by atoms with E-state index in [0.717, 1.165) is 6.54 Å². The van der Waals surface area contributed by atoms with Crippen molar-refractivity contribution in [1.29, 1.82) is 0 Å². The number of aliphatic hydroxyl groups excluding tert-OH is 1. The van der Waals surface area contributed by atoms with Crippen LogP contribution in [0, 0.1) is 0 Å². The Labute approximate surface area is 203 Å². The molecule has 174 valence electrons. The van der Waals surface area contributed by atoms with Gasteiger partial charge in [-0.25, -0.2) is 0 Å². The first-order chi connectivity index (χ1) is 15.7. The van der Waals surface area contributed by atoms with Gasteiger partial charge in [0.05, 0.1) is 21.7 Å². The number of rotatable bonds is 9. The molecule has 1 N–H and O–H groups in total. The molecule has 0 saturated carbocycles. The molecule has 8 heteroatoms. The molecule has 1 amide bonds. The van der Waals surface area contributed by atoms with Gasteiger partial charge in [-0.3, -0.25) is 9.59 Å². The van der Waals surface area contributed by atoms with Crippen LogP contribution in [0.1, 0.15) is 23.6 Å². The molecule has 1 unspecified atom stereocenters. The largest absolute Gasteiger partial charge is 0.507 e. The smallest absolute Gasteiger partial charge is 0.295 e. The molecule has 6 nitrogen and oxygen atoms in total. The summed E-state index contributed by atoms with van der Waals surface area (Å²) >= 11 is 12.3. The number of benzene rings is 2. The van der Waals surface area contributed by atoms with Gasteiger partial charge in [0.25, 0.3) is 11.7 Å². The number of hydrogen-bond acceptors (Lipinski definition) is 5. The molecule has 3 rings (SSSR count). The average molecular weight is 489 g/mol. The van der Waals surface area contributed by atoms with E-state index in [0.29, 0.717) is 46.5 Å². The van der Waals surface area contributed by atoms with E-state index in [1.165, 1.54) is 4.90 Å². The number of nitrogens with zero attached hydrogens (tertiary/aromatic N) is 2. The van der Waals surface area contributed by atoms with Gasteiger partial charge in [0, 0.05) is 12.1 Å². The fraction of sp³-hybridized carbons (Fsp3) is 0.280. The minimum absolute atomic E-state index is 0.0167. The Morgan fingerprint density at radius 3 is 2.45 bits per heavy atom. The average Bonchev–Trinajstić information content (AvgIpc) is 3.04. The van der Waals surface area contributed by atoms with Crippen molar-refractivity contribution in [2.45, 2.75) is 12.5 Å². The normalized spacial score (nSPS) is 17.6. The van der Waals surface area contributed by atoms with Crippen LogP contribution in [0.5, 0.6) is 5.75 Å². The van der Waals surface area contributed by atoms with Crippen molar-refractivity contribution < 1.29 is 19.4 Å². The predicted octanol–water partition coefficient (Wildman–Crippen LogP) is 4.93. The zero-order chi connectivity index (χ0) is 24.1. The van der Waals surface area contributed by atoms with Gasteiger partial charge in [0.1, 0.15) is 18.1 Å². The van der Waals surface area contributed by atoms with Crippen LogP contribution < -0.4 is 4.74 Å². The van der Waals surface area contributed by atoms with Crippen LogP contribution in [0.3, 0.4) is 0 Å². The third kappa shape index (κ3) is 5.58. The van der Waals surface area contributed by atoms with Crippen molar-refractivity contribution in [1.82, 2.24) is 9.80 Å². The molecule has 1 aliphatic rings. The number of likely N-dealkylation sites (tertiary alicyclic amines) is 1. The third-order valence-corrected chi connectivity index (χ3v) is 6.04. The molecule has 1 fully saturated rings. The maximum Gasteiger partial charge on any atom is 0.295 e. The molecule has 0 bridgehead atoms. The minimum atomic E-state index is -0.779. The molecule has 1 atom stereocenters. The summed E-state index contributed by atoms with van der Waals surface area (Å²) in [7, 11) is 3.87. The van der Waals surface area contributed by atoms with Crippen LogP contribution in [0.25, 0.3) is 5.76 Å². The Morgan fingerprint density at radius 2 is 1.85 bits per heavy atom. The van der Waals surface area contributed by atoms with Gasteiger partial charge in [0.2, 0.25) is 0 Å². The number of Topliss-reactive ketones (excluding diaryl/α,β-unsaturated/α-hetero) is 1. The van der Waals surface area contributed by atoms with E-state index < -0.39 is 17.7 Å². The number of halogens is 2. The Morgan fingerprint density at radius 1 is 1.15 bits per heavy atom. The number of carbonyl (C=O) groups is 2. The number of ether oxygens (including phenoxy) is 1. The molecule has 0 spiro atoms. The van der Waals surface area contributed by atoms with Crippen molar-refractivity contribution in [2.75, 3.05) is 33.8 Å². The summed E-state index contributed by atoms with van der Waals surface area (Å²) in [5, 5.41) is 11.8. The van der Waals surface area contributed by atoms with Crippen LogP contribution in [0.4, 0.5) is 0 Å². The summed E-state index contributed by atoms with van der Waals surface area (Å²) in [6.45, 7) is 5.04. The predicted molar refractivity (Wildman–Crippen MR) is 131 cm³/mol. The number of ketones is 1. The molecule has 2 aromatic carbocycles. The van der Waals surface area contributed by atoms with Gasteiger partial charge >= 0.3 is 0 Å². The van der Waals surface area contributed by atoms with Crippen LogP contribution in [-0.2, 0) is 9.59 Å². The van der Waals surface area contributed by atoms with E-state index in [1.54, 1.807) is 48.5 Å². The van der Waals surface area contributed by atoms with E-state index >= 15 is 0 Å². The number of carbonyl (C=O) groups excluding carboxylic acids is 2. The highest BCUT2D eigenvalue weighted by Gasteiger charge is 2.45. The summed E-state index contributed by atoms with van der Waals surface area (Å²) < 4.78 is 5.47. The van der Waals surface area contributed by atoms with E-state index in [-0.39, 0.29) is 11.3 Å². The fourth-order valence-corrected chi connectivity index (χ4v) is 4.02. The monoisotopic (exact) mass is 488 g/mol. The van der Waals surface area contributed by atoms with Crippen LogP contribution in [0.15, 0.2) is 60.7 Å². The second-order valence-electron chi connectivity index (χ2n) is 7.95. The van der Waals surface area contributed by atoms with Crippen LogP contribution in [-0.4, -0.2) is 60.4 Å². The molecule has 33 heavy (non-hydrogen) atoms. The Balaban J connectivity index is 2.05. The lowest BCUT2D eigenvalue weighted by Gasteiger charge is -2.26. The second kappa shape index (κ2) is 10.9. The summed E-state index contributed by atoms with van der Waals surface area (Å²) in [4.78, 5) is 29.5. The highest BCUT2D eigenvalue weighted by atomic mass is 35.5. The summed E-state index contributed by atoms with van der Waals surface area (Å²) in [5.74, 6) is -1.05. The maximum atomic E-state index is 13.1. The minimum Gasteiger partial charge on any atom is -0.507 e. The molecule has 2 aromatic rings. The first-order valence-corrected chi connectivity index (χ1v) is 11.2. The van der Waals surface area contributed by atoms with Gasteiger partial charge in [-0.15, -0.1) is 0 Å². The lowest BCUT2D eigenvalue weighted by atomic mass is 9.95. The van der Waals surface area contributed by atoms with Crippen molar-refractivity contribution >= 4 is 40.7 Å². The van der Waals surface area contributed by atoms with Gasteiger partial charge in [0.15, 0.2) is 0 Å². The van der Waals surface area contributed by atoms with Gasteiger partial charge in [-0.05, 0) is 69.0 Å². The summed E-state index contributed by atoms with van der Waals surface area (Å²) in [6, 6.07) is 10.8. The zero-order valence-electron chi connectivity index (χ0n) is 18.6. The summed E-state index contributed by atoms with van der Waals surface area (Å²) in [5.41, 5.74) is 1.02. The highest BCUT2D eigenvalue weighted by Crippen LogP contribution is 2.41. The number of hydrogen-bond donors (Lipinski definition) is 1. The van der Waals surface area contributed by atoms with Gasteiger partial charge in [-0.2, -0.15) is 0 Å². The number of aliphatic hydroxyl groups is 1. The van der Waals surface area contributed by atoms with E-state index in [4.69, 9.17) is 27.9 Å².